The fraction of sp³-hybridized carbons (Fsp3) is 0.500. The molecule has 0 aliphatic rings. The second kappa shape index (κ2) is 6.52. The van der Waals surface area contributed by atoms with Gasteiger partial charge in [0.25, 0.3) is 0 Å². The summed E-state index contributed by atoms with van der Waals surface area (Å²) in [4.78, 5) is 0. The maximum Gasteiger partial charge on any atom is 0.170 e. The summed E-state index contributed by atoms with van der Waals surface area (Å²) >= 11 is 0. The first-order chi connectivity index (χ1) is 8.83. The summed E-state index contributed by atoms with van der Waals surface area (Å²) in [5.74, 6) is -0.529. The maximum absolute atomic E-state index is 13.7. The summed E-state index contributed by atoms with van der Waals surface area (Å²) in [5.41, 5.74) is 6.39. The van der Waals surface area contributed by atoms with E-state index >= 15 is 0 Å². The third-order valence-electron chi connectivity index (χ3n) is 2.71. The van der Waals surface area contributed by atoms with Crippen LogP contribution in [0.4, 0.5) is 4.39 Å². The van der Waals surface area contributed by atoms with E-state index in [0.717, 1.165) is 6.42 Å². The van der Waals surface area contributed by atoms with Crippen LogP contribution in [-0.2, 0) is 11.3 Å². The molecule has 0 amide bonds. The van der Waals surface area contributed by atoms with E-state index in [1.807, 2.05) is 0 Å². The van der Waals surface area contributed by atoms with Crippen molar-refractivity contribution in [3.63, 3.8) is 0 Å². The molecule has 5 heteroatoms. The number of nitrogens with two attached hydrogens (primary N) is 1. The monoisotopic (exact) mass is 268 g/mol. The Labute approximate surface area is 113 Å². The van der Waals surface area contributed by atoms with Crippen molar-refractivity contribution in [2.75, 3.05) is 6.61 Å². The molecule has 0 unspecified atom stereocenters. The quantitative estimate of drug-likeness (QED) is 0.284. The van der Waals surface area contributed by atoms with Crippen LogP contribution in [0.2, 0.25) is 0 Å². The highest BCUT2D eigenvalue weighted by molar-refractivity contribution is 5.97. The lowest BCUT2D eigenvalue weighted by atomic mass is 9.93. The highest BCUT2D eigenvalue weighted by Gasteiger charge is 2.10. The molecule has 0 aliphatic heterocycles. The zero-order chi connectivity index (χ0) is 14.5. The normalized spacial score (nSPS) is 12.7. The first-order valence-corrected chi connectivity index (χ1v) is 6.17. The Hall–Kier alpha value is -1.62. The van der Waals surface area contributed by atoms with Crippen molar-refractivity contribution < 1.29 is 14.3 Å². The van der Waals surface area contributed by atoms with E-state index in [1.54, 1.807) is 12.1 Å². The summed E-state index contributed by atoms with van der Waals surface area (Å²) in [5, 5.41) is 11.3. The molecule has 1 aromatic rings. The molecule has 0 saturated heterocycles. The van der Waals surface area contributed by atoms with Crippen LogP contribution >= 0.6 is 0 Å². The number of rotatable bonds is 5. The predicted molar refractivity (Wildman–Crippen MR) is 72.6 cm³/mol. The van der Waals surface area contributed by atoms with Crippen LogP contribution in [0.25, 0.3) is 0 Å². The largest absolute Gasteiger partial charge is 0.409 e. The van der Waals surface area contributed by atoms with Crippen molar-refractivity contribution in [2.24, 2.45) is 16.3 Å². The number of benzene rings is 1. The van der Waals surface area contributed by atoms with E-state index < -0.39 is 5.82 Å². The third kappa shape index (κ3) is 5.26. The number of ether oxygens (including phenoxy) is 1. The lowest BCUT2D eigenvalue weighted by Crippen LogP contribution is -2.14. The summed E-state index contributed by atoms with van der Waals surface area (Å²) in [6.45, 7) is 7.19. The van der Waals surface area contributed by atoms with Crippen molar-refractivity contribution in [3.8, 4) is 0 Å². The standard InChI is InChI=1S/C14H21FN2O2/c1-14(2,3)6-7-19-9-11-5-4-10(8-12(11)15)13(16)17-18/h4-5,8,18H,6-7,9H2,1-3H3,(H2,16,17). The Balaban J connectivity index is 2.56. The molecular weight excluding hydrogens is 247 g/mol. The highest BCUT2D eigenvalue weighted by Crippen LogP contribution is 2.19. The van der Waals surface area contributed by atoms with Crippen molar-refractivity contribution >= 4 is 5.84 Å². The number of hydrogen-bond acceptors (Lipinski definition) is 3. The number of oxime groups is 1. The van der Waals surface area contributed by atoms with Crippen molar-refractivity contribution in [1.29, 1.82) is 0 Å². The predicted octanol–water partition coefficient (Wildman–Crippen LogP) is 2.87. The Morgan fingerprint density at radius 3 is 2.63 bits per heavy atom. The molecule has 0 aliphatic carbocycles. The van der Waals surface area contributed by atoms with E-state index in [1.165, 1.54) is 6.07 Å². The van der Waals surface area contributed by atoms with E-state index in [0.29, 0.717) is 17.7 Å². The summed E-state index contributed by atoms with van der Waals surface area (Å²) in [6, 6.07) is 4.41. The Morgan fingerprint density at radius 1 is 1.42 bits per heavy atom. The first kappa shape index (κ1) is 15.4. The topological polar surface area (TPSA) is 67.8 Å². The lowest BCUT2D eigenvalue weighted by molar-refractivity contribution is 0.0943. The Bertz CT molecular complexity index is 453. The average molecular weight is 268 g/mol. The molecule has 0 bridgehead atoms. The molecule has 0 spiro atoms. The van der Waals surface area contributed by atoms with Gasteiger partial charge in [-0.25, -0.2) is 4.39 Å². The van der Waals surface area contributed by atoms with E-state index in [4.69, 9.17) is 15.7 Å². The fourth-order valence-electron chi connectivity index (χ4n) is 1.44. The van der Waals surface area contributed by atoms with Gasteiger partial charge in [-0.1, -0.05) is 38.1 Å². The molecule has 0 heterocycles. The molecule has 0 aromatic heterocycles. The van der Waals surface area contributed by atoms with Crippen LogP contribution in [0.5, 0.6) is 0 Å². The van der Waals surface area contributed by atoms with Crippen LogP contribution in [0.1, 0.15) is 38.3 Å². The zero-order valence-corrected chi connectivity index (χ0v) is 11.6. The minimum absolute atomic E-state index is 0.112. The van der Waals surface area contributed by atoms with Crippen molar-refractivity contribution in [3.05, 3.63) is 35.1 Å². The van der Waals surface area contributed by atoms with Crippen LogP contribution in [-0.4, -0.2) is 17.6 Å². The van der Waals surface area contributed by atoms with E-state index in [-0.39, 0.29) is 17.9 Å². The summed E-state index contributed by atoms with van der Waals surface area (Å²) < 4.78 is 19.2. The molecule has 0 radical (unpaired) electrons. The molecule has 106 valence electrons. The highest BCUT2D eigenvalue weighted by atomic mass is 19.1. The molecule has 0 saturated carbocycles. The number of halogens is 1. The molecule has 1 rings (SSSR count). The maximum atomic E-state index is 13.7. The first-order valence-electron chi connectivity index (χ1n) is 6.17. The van der Waals surface area contributed by atoms with Gasteiger partial charge in [-0.05, 0) is 17.9 Å². The number of nitrogens with zero attached hydrogens (tertiary/aromatic N) is 1. The van der Waals surface area contributed by atoms with Gasteiger partial charge in [0.2, 0.25) is 0 Å². The SMILES string of the molecule is CC(C)(C)CCOCc1ccc(C(N)=NO)cc1F. The molecule has 0 fully saturated rings. The number of amidine groups is 1. The van der Waals surface area contributed by atoms with Gasteiger partial charge in [-0.15, -0.1) is 0 Å². The third-order valence-corrected chi connectivity index (χ3v) is 2.71. The minimum atomic E-state index is -0.417. The van der Waals surface area contributed by atoms with Gasteiger partial charge in [0.15, 0.2) is 5.84 Å². The van der Waals surface area contributed by atoms with Gasteiger partial charge < -0.3 is 15.7 Å². The van der Waals surface area contributed by atoms with Gasteiger partial charge in [0, 0.05) is 17.7 Å². The van der Waals surface area contributed by atoms with E-state index in [9.17, 15) is 4.39 Å². The molecule has 1 aromatic carbocycles. The smallest absolute Gasteiger partial charge is 0.170 e. The fourth-order valence-corrected chi connectivity index (χ4v) is 1.44. The average Bonchev–Trinajstić information content (AvgIpc) is 2.33. The van der Waals surface area contributed by atoms with Crippen LogP contribution in [0, 0.1) is 11.2 Å². The number of hydrogen-bond donors (Lipinski definition) is 2. The van der Waals surface area contributed by atoms with Gasteiger partial charge in [0.05, 0.1) is 6.61 Å². The Morgan fingerprint density at radius 2 is 2.11 bits per heavy atom. The van der Waals surface area contributed by atoms with Crippen LogP contribution in [0.15, 0.2) is 23.4 Å². The second-order valence-electron chi connectivity index (χ2n) is 5.65. The molecule has 3 N–H and O–H groups in total. The summed E-state index contributed by atoms with van der Waals surface area (Å²) in [6.07, 6.45) is 0.914. The van der Waals surface area contributed by atoms with Crippen LogP contribution < -0.4 is 5.73 Å². The second-order valence-corrected chi connectivity index (χ2v) is 5.65. The molecular formula is C14H21FN2O2. The van der Waals surface area contributed by atoms with Crippen molar-refractivity contribution in [2.45, 2.75) is 33.8 Å². The zero-order valence-electron chi connectivity index (χ0n) is 11.6. The van der Waals surface area contributed by atoms with E-state index in [2.05, 4.69) is 25.9 Å². The van der Waals surface area contributed by atoms with Gasteiger partial charge in [0.1, 0.15) is 5.82 Å². The lowest BCUT2D eigenvalue weighted by Gasteiger charge is -2.17. The molecule has 19 heavy (non-hydrogen) atoms. The molecule has 4 nitrogen and oxygen atoms in total. The van der Waals surface area contributed by atoms with Crippen LogP contribution in [0.3, 0.4) is 0 Å². The molecule has 0 atom stereocenters. The van der Waals surface area contributed by atoms with Crippen molar-refractivity contribution in [1.82, 2.24) is 0 Å². The Kier molecular flexibility index (Phi) is 5.30. The van der Waals surface area contributed by atoms with Gasteiger partial charge in [-0.2, -0.15) is 0 Å². The van der Waals surface area contributed by atoms with Gasteiger partial charge in [-0.3, -0.25) is 0 Å². The van der Waals surface area contributed by atoms with Gasteiger partial charge >= 0.3 is 0 Å². The summed E-state index contributed by atoms with van der Waals surface area (Å²) in [7, 11) is 0. The minimum Gasteiger partial charge on any atom is -0.409 e.